The zero-order valence-corrected chi connectivity index (χ0v) is 12.1. The molecule has 0 aliphatic carbocycles. The van der Waals surface area contributed by atoms with Gasteiger partial charge in [0.1, 0.15) is 6.61 Å². The van der Waals surface area contributed by atoms with E-state index in [1.54, 1.807) is 0 Å². The van der Waals surface area contributed by atoms with Crippen LogP contribution >= 0.6 is 0 Å². The van der Waals surface area contributed by atoms with Crippen LogP contribution < -0.4 is 10.1 Å². The Hall–Kier alpha value is -1.35. The predicted octanol–water partition coefficient (Wildman–Crippen LogP) is 3.15. The van der Waals surface area contributed by atoms with Crippen molar-refractivity contribution in [2.24, 2.45) is 0 Å². The average Bonchev–Trinajstić information content (AvgIpc) is 2.27. The second kappa shape index (κ2) is 7.17. The summed E-state index contributed by atoms with van der Waals surface area (Å²) in [6.45, 7) is 11.7. The first-order chi connectivity index (χ1) is 8.54. The molecule has 1 rings (SSSR count). The van der Waals surface area contributed by atoms with Crippen LogP contribution in [0.4, 0.5) is 0 Å². The van der Waals surface area contributed by atoms with Crippen LogP contribution in [0.1, 0.15) is 37.6 Å². The number of hydrogen-bond acceptors (Lipinski definition) is 3. The van der Waals surface area contributed by atoms with Gasteiger partial charge in [-0.2, -0.15) is 0 Å². The van der Waals surface area contributed by atoms with E-state index < -0.39 is 0 Å². The van der Waals surface area contributed by atoms with Gasteiger partial charge in [0.05, 0.1) is 0 Å². The van der Waals surface area contributed by atoms with Gasteiger partial charge < -0.3 is 10.1 Å². The van der Waals surface area contributed by atoms with Gasteiger partial charge in [0.2, 0.25) is 5.88 Å². The molecule has 1 aromatic rings. The highest BCUT2D eigenvalue weighted by Gasteiger charge is 2.10. The third-order valence-electron chi connectivity index (χ3n) is 2.68. The molecule has 1 heterocycles. The number of aromatic nitrogens is 1. The Balaban J connectivity index is 2.89. The lowest BCUT2D eigenvalue weighted by Gasteiger charge is -2.15. The molecule has 0 fully saturated rings. The number of allylic oxidation sites excluding steroid dienone is 1. The molecule has 0 unspecified atom stereocenters. The number of rotatable bonds is 6. The van der Waals surface area contributed by atoms with E-state index in [0.29, 0.717) is 12.6 Å². The lowest BCUT2D eigenvalue weighted by atomic mass is 10.1. The van der Waals surface area contributed by atoms with Crippen molar-refractivity contribution < 1.29 is 4.74 Å². The quantitative estimate of drug-likeness (QED) is 0.785. The SMILES string of the molecule is CC=CCOc1nc(C)cc(C)c1CNC(C)C. The van der Waals surface area contributed by atoms with Gasteiger partial charge in [-0.3, -0.25) is 0 Å². The summed E-state index contributed by atoms with van der Waals surface area (Å²) >= 11 is 0. The van der Waals surface area contributed by atoms with Crippen molar-refractivity contribution in [2.75, 3.05) is 6.61 Å². The molecule has 0 saturated carbocycles. The van der Waals surface area contributed by atoms with E-state index in [4.69, 9.17) is 4.74 Å². The number of aryl methyl sites for hydroxylation is 2. The van der Waals surface area contributed by atoms with Gasteiger partial charge in [-0.1, -0.05) is 26.0 Å². The molecular formula is C15H24N2O. The van der Waals surface area contributed by atoms with Gasteiger partial charge in [0, 0.05) is 23.8 Å². The third kappa shape index (κ3) is 4.49. The van der Waals surface area contributed by atoms with Crippen molar-refractivity contribution in [1.82, 2.24) is 10.3 Å². The first-order valence-corrected chi connectivity index (χ1v) is 6.49. The number of pyridine rings is 1. The second-order valence-electron chi connectivity index (χ2n) is 4.78. The summed E-state index contributed by atoms with van der Waals surface area (Å²) in [6, 6.07) is 2.55. The molecule has 0 amide bonds. The van der Waals surface area contributed by atoms with Crippen LogP contribution in [0, 0.1) is 13.8 Å². The molecule has 18 heavy (non-hydrogen) atoms. The minimum atomic E-state index is 0.453. The van der Waals surface area contributed by atoms with Crippen LogP contribution in [-0.2, 0) is 6.54 Å². The van der Waals surface area contributed by atoms with E-state index >= 15 is 0 Å². The molecule has 0 saturated heterocycles. The minimum Gasteiger partial charge on any atom is -0.473 e. The molecule has 0 aliphatic heterocycles. The Morgan fingerprint density at radius 2 is 2.11 bits per heavy atom. The second-order valence-corrected chi connectivity index (χ2v) is 4.78. The Kier molecular flexibility index (Phi) is 5.86. The van der Waals surface area contributed by atoms with E-state index in [1.807, 2.05) is 26.0 Å². The molecule has 0 aliphatic rings. The van der Waals surface area contributed by atoms with E-state index in [-0.39, 0.29) is 0 Å². The van der Waals surface area contributed by atoms with Gasteiger partial charge in [0.15, 0.2) is 0 Å². The van der Waals surface area contributed by atoms with Crippen molar-refractivity contribution in [1.29, 1.82) is 0 Å². The standard InChI is InChI=1S/C15H24N2O/c1-6-7-8-18-15-14(10-16-11(2)3)12(4)9-13(5)17-15/h6-7,9,11,16H,8,10H2,1-5H3. The smallest absolute Gasteiger partial charge is 0.218 e. The van der Waals surface area contributed by atoms with Crippen LogP contribution in [-0.4, -0.2) is 17.6 Å². The van der Waals surface area contributed by atoms with Gasteiger partial charge in [-0.25, -0.2) is 4.98 Å². The fourth-order valence-electron chi connectivity index (χ4n) is 1.69. The Morgan fingerprint density at radius 3 is 2.72 bits per heavy atom. The Morgan fingerprint density at radius 1 is 1.39 bits per heavy atom. The molecule has 0 aromatic carbocycles. The van der Waals surface area contributed by atoms with Gasteiger partial charge in [-0.15, -0.1) is 0 Å². The summed E-state index contributed by atoms with van der Waals surface area (Å²) in [4.78, 5) is 4.49. The molecule has 100 valence electrons. The maximum Gasteiger partial charge on any atom is 0.218 e. The van der Waals surface area contributed by atoms with E-state index in [0.717, 1.165) is 23.7 Å². The molecule has 0 atom stereocenters. The lowest BCUT2D eigenvalue weighted by Crippen LogP contribution is -2.23. The predicted molar refractivity (Wildman–Crippen MR) is 76.0 cm³/mol. The van der Waals surface area contributed by atoms with Crippen LogP contribution in [0.2, 0.25) is 0 Å². The fraction of sp³-hybridized carbons (Fsp3) is 0.533. The minimum absolute atomic E-state index is 0.453. The summed E-state index contributed by atoms with van der Waals surface area (Å²) in [5, 5.41) is 3.41. The van der Waals surface area contributed by atoms with Crippen LogP contribution in [0.15, 0.2) is 18.2 Å². The third-order valence-corrected chi connectivity index (χ3v) is 2.68. The molecule has 0 radical (unpaired) electrons. The number of hydrogen-bond donors (Lipinski definition) is 1. The van der Waals surface area contributed by atoms with E-state index in [9.17, 15) is 0 Å². The zero-order chi connectivity index (χ0) is 13.5. The normalized spacial score (nSPS) is 11.4. The van der Waals surface area contributed by atoms with E-state index in [1.165, 1.54) is 5.56 Å². The lowest BCUT2D eigenvalue weighted by molar-refractivity contribution is 0.341. The van der Waals surface area contributed by atoms with Gasteiger partial charge in [-0.05, 0) is 32.4 Å². The summed E-state index contributed by atoms with van der Waals surface area (Å²) in [7, 11) is 0. The number of nitrogens with zero attached hydrogens (tertiary/aromatic N) is 1. The first-order valence-electron chi connectivity index (χ1n) is 6.49. The van der Waals surface area contributed by atoms with Crippen molar-refractivity contribution in [3.05, 3.63) is 35.0 Å². The monoisotopic (exact) mass is 248 g/mol. The van der Waals surface area contributed by atoms with Gasteiger partial charge >= 0.3 is 0 Å². The molecule has 3 nitrogen and oxygen atoms in total. The van der Waals surface area contributed by atoms with Crippen molar-refractivity contribution in [3.63, 3.8) is 0 Å². The van der Waals surface area contributed by atoms with Crippen molar-refractivity contribution >= 4 is 0 Å². The summed E-state index contributed by atoms with van der Waals surface area (Å²) in [5.41, 5.74) is 3.38. The molecule has 0 spiro atoms. The Bertz CT molecular complexity index is 411. The summed E-state index contributed by atoms with van der Waals surface area (Å²) in [5.74, 6) is 0.749. The highest BCUT2D eigenvalue weighted by molar-refractivity contribution is 5.36. The largest absolute Gasteiger partial charge is 0.473 e. The maximum atomic E-state index is 5.73. The summed E-state index contributed by atoms with van der Waals surface area (Å²) in [6.07, 6.45) is 3.97. The Labute approximate surface area is 110 Å². The van der Waals surface area contributed by atoms with E-state index in [2.05, 4.69) is 37.1 Å². The molecule has 1 N–H and O–H groups in total. The van der Waals surface area contributed by atoms with Crippen LogP contribution in [0.3, 0.4) is 0 Å². The maximum absolute atomic E-state index is 5.73. The average molecular weight is 248 g/mol. The first kappa shape index (κ1) is 14.7. The van der Waals surface area contributed by atoms with Crippen molar-refractivity contribution in [3.8, 4) is 5.88 Å². The van der Waals surface area contributed by atoms with Crippen LogP contribution in [0.5, 0.6) is 5.88 Å². The van der Waals surface area contributed by atoms with Crippen LogP contribution in [0.25, 0.3) is 0 Å². The van der Waals surface area contributed by atoms with Gasteiger partial charge in [0.25, 0.3) is 0 Å². The highest BCUT2D eigenvalue weighted by atomic mass is 16.5. The number of nitrogens with one attached hydrogen (secondary N) is 1. The van der Waals surface area contributed by atoms with Crippen molar-refractivity contribution in [2.45, 2.75) is 47.2 Å². The molecule has 1 aromatic heterocycles. The number of ether oxygens (including phenoxy) is 1. The fourth-order valence-corrected chi connectivity index (χ4v) is 1.69. The molecular weight excluding hydrogens is 224 g/mol. The topological polar surface area (TPSA) is 34.1 Å². The summed E-state index contributed by atoms with van der Waals surface area (Å²) < 4.78 is 5.73. The molecule has 3 heteroatoms. The molecule has 0 bridgehead atoms. The highest BCUT2D eigenvalue weighted by Crippen LogP contribution is 2.21. The zero-order valence-electron chi connectivity index (χ0n) is 12.1.